The van der Waals surface area contributed by atoms with Crippen LogP contribution in [-0.2, 0) is 0 Å². The monoisotopic (exact) mass is 111 g/mol. The molecule has 2 aliphatic carbocycles. The van der Waals surface area contributed by atoms with Crippen LogP contribution < -0.4 is 11.5 Å². The standard InChI is InChI=1S/C5H9N3/c6-5(7)8-4-2-1-3(2)4/h2-4H,1H2,(H4,6,7,8). The molecule has 0 amide bonds. The van der Waals surface area contributed by atoms with Crippen LogP contribution in [0.3, 0.4) is 0 Å². The highest BCUT2D eigenvalue weighted by atomic mass is 15.1. The Balaban J connectivity index is 1.93. The van der Waals surface area contributed by atoms with Crippen LogP contribution in [0.15, 0.2) is 4.99 Å². The zero-order valence-corrected chi connectivity index (χ0v) is 4.54. The molecule has 8 heavy (non-hydrogen) atoms. The molecule has 0 aromatic heterocycles. The van der Waals surface area contributed by atoms with Gasteiger partial charge in [-0.05, 0) is 18.3 Å². The summed E-state index contributed by atoms with van der Waals surface area (Å²) in [6, 6.07) is 0.528. The molecule has 2 fully saturated rings. The van der Waals surface area contributed by atoms with Gasteiger partial charge < -0.3 is 11.5 Å². The number of hydrogen-bond donors (Lipinski definition) is 2. The Morgan fingerprint density at radius 1 is 1.38 bits per heavy atom. The summed E-state index contributed by atoms with van der Waals surface area (Å²) in [5.41, 5.74) is 10.3. The van der Waals surface area contributed by atoms with E-state index in [0.717, 1.165) is 11.8 Å². The van der Waals surface area contributed by atoms with E-state index < -0.39 is 0 Å². The lowest BCUT2D eigenvalue weighted by Crippen LogP contribution is -2.24. The zero-order chi connectivity index (χ0) is 5.72. The molecule has 0 bridgehead atoms. The number of guanidine groups is 1. The van der Waals surface area contributed by atoms with Crippen molar-refractivity contribution in [1.82, 2.24) is 0 Å². The summed E-state index contributed by atoms with van der Waals surface area (Å²) in [5.74, 6) is 2.00. The van der Waals surface area contributed by atoms with Crippen molar-refractivity contribution in [2.24, 2.45) is 28.3 Å². The summed E-state index contributed by atoms with van der Waals surface area (Å²) in [4.78, 5) is 3.99. The van der Waals surface area contributed by atoms with Crippen molar-refractivity contribution in [2.75, 3.05) is 0 Å². The first-order valence-electron chi connectivity index (χ1n) is 2.88. The van der Waals surface area contributed by atoms with Crippen molar-refractivity contribution in [1.29, 1.82) is 0 Å². The average molecular weight is 111 g/mol. The molecule has 0 aromatic carbocycles. The average Bonchev–Trinajstić information content (AvgIpc) is 2.41. The van der Waals surface area contributed by atoms with Crippen molar-refractivity contribution in [3.63, 3.8) is 0 Å². The lowest BCUT2D eigenvalue weighted by atomic mass is 10.3. The van der Waals surface area contributed by atoms with Gasteiger partial charge >= 0.3 is 0 Å². The minimum Gasteiger partial charge on any atom is -0.370 e. The van der Waals surface area contributed by atoms with E-state index in [-0.39, 0.29) is 5.96 Å². The quantitative estimate of drug-likeness (QED) is 0.346. The first-order chi connectivity index (χ1) is 3.79. The van der Waals surface area contributed by atoms with Gasteiger partial charge in [0.05, 0.1) is 6.04 Å². The molecule has 4 N–H and O–H groups in total. The Kier molecular flexibility index (Phi) is 0.517. The molecular weight excluding hydrogens is 102 g/mol. The molecule has 0 saturated heterocycles. The fourth-order valence-corrected chi connectivity index (χ4v) is 1.11. The Bertz CT molecular complexity index is 140. The van der Waals surface area contributed by atoms with Gasteiger partial charge in [0.2, 0.25) is 0 Å². The number of hydrogen-bond acceptors (Lipinski definition) is 1. The third kappa shape index (κ3) is 0.412. The van der Waals surface area contributed by atoms with Gasteiger partial charge in [-0.25, -0.2) is 4.99 Å². The van der Waals surface area contributed by atoms with E-state index in [4.69, 9.17) is 11.5 Å². The van der Waals surface area contributed by atoms with Crippen LogP contribution in [-0.4, -0.2) is 12.0 Å². The molecular formula is C5H9N3. The van der Waals surface area contributed by atoms with E-state index in [2.05, 4.69) is 4.99 Å². The Labute approximate surface area is 47.8 Å². The number of fused-ring (bicyclic) bond motifs is 1. The second-order valence-corrected chi connectivity index (χ2v) is 2.61. The van der Waals surface area contributed by atoms with E-state index in [0.29, 0.717) is 6.04 Å². The normalized spacial score (nSPS) is 47.2. The molecule has 2 rings (SSSR count). The maximum absolute atomic E-state index is 5.14. The second kappa shape index (κ2) is 0.989. The zero-order valence-electron chi connectivity index (χ0n) is 4.54. The predicted octanol–water partition coefficient (Wildman–Crippen LogP) is -0.722. The summed E-state index contributed by atoms with van der Waals surface area (Å²) < 4.78 is 0. The molecule has 2 saturated carbocycles. The van der Waals surface area contributed by atoms with E-state index in [9.17, 15) is 0 Å². The summed E-state index contributed by atoms with van der Waals surface area (Å²) in [5, 5.41) is 0. The molecule has 0 spiro atoms. The molecule has 2 unspecified atom stereocenters. The summed E-state index contributed by atoms with van der Waals surface area (Å²) in [6.07, 6.45) is 1.36. The lowest BCUT2D eigenvalue weighted by molar-refractivity contribution is 0.758. The Hall–Kier alpha value is -0.730. The smallest absolute Gasteiger partial charge is 0.186 e. The number of nitrogens with zero attached hydrogens (tertiary/aromatic N) is 1. The lowest BCUT2D eigenvalue weighted by Gasteiger charge is -1.93. The highest BCUT2D eigenvalue weighted by Crippen LogP contribution is 2.64. The van der Waals surface area contributed by atoms with E-state index in [1.165, 1.54) is 6.42 Å². The molecule has 0 aromatic rings. The highest BCUT2D eigenvalue weighted by Gasteiger charge is 2.64. The van der Waals surface area contributed by atoms with Crippen LogP contribution in [0.4, 0.5) is 0 Å². The highest BCUT2D eigenvalue weighted by molar-refractivity contribution is 5.76. The van der Waals surface area contributed by atoms with Crippen LogP contribution >= 0.6 is 0 Å². The minimum atomic E-state index is 0.252. The van der Waals surface area contributed by atoms with Gasteiger partial charge in [-0.3, -0.25) is 0 Å². The van der Waals surface area contributed by atoms with Crippen LogP contribution in [0.2, 0.25) is 0 Å². The molecule has 44 valence electrons. The number of rotatable bonds is 1. The van der Waals surface area contributed by atoms with E-state index in [1.54, 1.807) is 0 Å². The van der Waals surface area contributed by atoms with Gasteiger partial charge in [-0.15, -0.1) is 0 Å². The fourth-order valence-electron chi connectivity index (χ4n) is 1.11. The van der Waals surface area contributed by atoms with Crippen molar-refractivity contribution in [2.45, 2.75) is 12.5 Å². The molecule has 3 nitrogen and oxygen atoms in total. The fraction of sp³-hybridized carbons (Fsp3) is 0.800. The molecule has 3 heteroatoms. The van der Waals surface area contributed by atoms with Crippen LogP contribution in [0.25, 0.3) is 0 Å². The Morgan fingerprint density at radius 3 is 2.12 bits per heavy atom. The summed E-state index contributed by atoms with van der Waals surface area (Å²) in [7, 11) is 0. The maximum Gasteiger partial charge on any atom is 0.186 e. The molecule has 0 radical (unpaired) electrons. The van der Waals surface area contributed by atoms with Crippen molar-refractivity contribution < 1.29 is 0 Å². The third-order valence-corrected chi connectivity index (χ3v) is 1.93. The second-order valence-electron chi connectivity index (χ2n) is 2.61. The largest absolute Gasteiger partial charge is 0.370 e. The minimum absolute atomic E-state index is 0.252. The van der Waals surface area contributed by atoms with Crippen molar-refractivity contribution >= 4 is 5.96 Å². The van der Waals surface area contributed by atoms with E-state index >= 15 is 0 Å². The Morgan fingerprint density at radius 2 is 2.00 bits per heavy atom. The molecule has 0 heterocycles. The van der Waals surface area contributed by atoms with Gasteiger partial charge in [0.1, 0.15) is 0 Å². The van der Waals surface area contributed by atoms with Crippen molar-refractivity contribution in [3.8, 4) is 0 Å². The topological polar surface area (TPSA) is 64.4 Å². The summed E-state index contributed by atoms with van der Waals surface area (Å²) >= 11 is 0. The van der Waals surface area contributed by atoms with Crippen molar-refractivity contribution in [3.05, 3.63) is 0 Å². The van der Waals surface area contributed by atoms with Crippen LogP contribution in [0.5, 0.6) is 0 Å². The molecule has 2 atom stereocenters. The predicted molar refractivity (Wildman–Crippen MR) is 31.2 cm³/mol. The van der Waals surface area contributed by atoms with Gasteiger partial charge in [0.25, 0.3) is 0 Å². The SMILES string of the molecule is NC(N)=NC1C2CC21. The molecule has 2 aliphatic rings. The van der Waals surface area contributed by atoms with E-state index in [1.807, 2.05) is 0 Å². The maximum atomic E-state index is 5.14. The third-order valence-electron chi connectivity index (χ3n) is 1.93. The molecule has 0 aliphatic heterocycles. The van der Waals surface area contributed by atoms with Crippen LogP contribution in [0.1, 0.15) is 6.42 Å². The first kappa shape index (κ1) is 4.18. The van der Waals surface area contributed by atoms with Gasteiger partial charge in [-0.1, -0.05) is 0 Å². The number of nitrogens with two attached hydrogens (primary N) is 2. The van der Waals surface area contributed by atoms with Crippen LogP contribution in [0, 0.1) is 11.8 Å². The van der Waals surface area contributed by atoms with Gasteiger partial charge in [0.15, 0.2) is 5.96 Å². The van der Waals surface area contributed by atoms with Gasteiger partial charge in [-0.2, -0.15) is 0 Å². The van der Waals surface area contributed by atoms with Gasteiger partial charge in [0, 0.05) is 0 Å². The number of aliphatic imine (C=N–C) groups is 1. The first-order valence-corrected chi connectivity index (χ1v) is 2.88. The summed E-state index contributed by atoms with van der Waals surface area (Å²) in [6.45, 7) is 0.